The van der Waals surface area contributed by atoms with Crippen LogP contribution in [0.15, 0.2) is 47.0 Å². The van der Waals surface area contributed by atoms with Crippen molar-refractivity contribution < 1.29 is 23.9 Å². The summed E-state index contributed by atoms with van der Waals surface area (Å²) in [5, 5.41) is 13.3. The fourth-order valence-corrected chi connectivity index (χ4v) is 6.22. The first-order valence-corrected chi connectivity index (χ1v) is 13.6. The van der Waals surface area contributed by atoms with Gasteiger partial charge in [-0.1, -0.05) is 59.2 Å². The summed E-state index contributed by atoms with van der Waals surface area (Å²) in [5.74, 6) is -3.69. The number of ether oxygens (including phenoxy) is 2. The number of allylic oxidation sites excluding steroid dienone is 1. The number of nitrogens with zero attached hydrogens (tertiary/aromatic N) is 2. The van der Waals surface area contributed by atoms with Gasteiger partial charge in [-0.05, 0) is 42.2 Å². The molecule has 2 aromatic rings. The smallest absolute Gasteiger partial charge is 0.319 e. The Kier molecular flexibility index (Phi) is 8.87. The predicted octanol–water partition coefficient (Wildman–Crippen LogP) is 4.45. The Hall–Kier alpha value is -3.19. The number of hydrogen-bond acceptors (Lipinski definition) is 7. The van der Waals surface area contributed by atoms with Crippen LogP contribution >= 0.6 is 35.0 Å². The van der Waals surface area contributed by atoms with Crippen LogP contribution in [0.4, 0.5) is 0 Å². The van der Waals surface area contributed by atoms with Crippen LogP contribution in [0.2, 0.25) is 10.0 Å². The number of nitriles is 1. The molecule has 2 heterocycles. The van der Waals surface area contributed by atoms with Crippen LogP contribution in [0.5, 0.6) is 5.75 Å². The number of fused-ring (bicyclic) bond motifs is 1. The highest BCUT2D eigenvalue weighted by Gasteiger charge is 2.45. The Morgan fingerprint density at radius 1 is 1.21 bits per heavy atom. The van der Waals surface area contributed by atoms with E-state index < -0.39 is 23.7 Å². The Morgan fingerprint density at radius 3 is 2.53 bits per heavy atom. The van der Waals surface area contributed by atoms with E-state index in [9.17, 15) is 19.6 Å². The number of amides is 2. The van der Waals surface area contributed by atoms with Gasteiger partial charge in [0.1, 0.15) is 5.92 Å². The number of rotatable bonds is 7. The zero-order chi connectivity index (χ0) is 27.4. The van der Waals surface area contributed by atoms with Gasteiger partial charge in [-0.3, -0.25) is 14.4 Å². The molecule has 0 aromatic heterocycles. The number of benzene rings is 2. The normalized spacial score (nSPS) is 18.8. The van der Waals surface area contributed by atoms with Gasteiger partial charge in [-0.2, -0.15) is 5.26 Å². The first kappa shape index (κ1) is 27.8. The van der Waals surface area contributed by atoms with Crippen LogP contribution in [-0.2, 0) is 32.1 Å². The molecule has 0 radical (unpaired) electrons. The van der Waals surface area contributed by atoms with E-state index in [1.807, 2.05) is 18.2 Å². The van der Waals surface area contributed by atoms with Crippen LogP contribution in [0.1, 0.15) is 29.5 Å². The average Bonchev–Trinajstić information content (AvgIpc) is 2.92. The number of carbonyl (C=O) groups excluding carboxylic acids is 3. The molecule has 0 saturated carbocycles. The summed E-state index contributed by atoms with van der Waals surface area (Å²) < 4.78 is 10.4. The van der Waals surface area contributed by atoms with E-state index in [0.29, 0.717) is 25.3 Å². The monoisotopic (exact) mass is 573 g/mol. The lowest BCUT2D eigenvalue weighted by atomic mass is 9.78. The molecule has 38 heavy (non-hydrogen) atoms. The summed E-state index contributed by atoms with van der Waals surface area (Å²) in [5.41, 5.74) is 2.81. The zero-order valence-corrected chi connectivity index (χ0v) is 23.1. The van der Waals surface area contributed by atoms with Crippen LogP contribution in [0.25, 0.3) is 0 Å². The lowest BCUT2D eigenvalue weighted by Crippen LogP contribution is -2.44. The molecule has 0 spiro atoms. The van der Waals surface area contributed by atoms with E-state index in [1.54, 1.807) is 11.8 Å². The predicted molar refractivity (Wildman–Crippen MR) is 145 cm³/mol. The molecule has 0 bridgehead atoms. The standard InChI is InChI=1S/C27H25Cl2N3O5S/c1-3-37-24-19(28)10-17(11-20(24)29)22-18(12-30)26(31-25(34)23(22)27(35)36-2)38-14-21(33)32-9-8-15-6-4-5-7-16(15)13-32/h4-7,10-11,22-23H,3,8-9,13-14H2,1-2H3,(H,31,34)/t22-,23+/m1/s1. The summed E-state index contributed by atoms with van der Waals surface area (Å²) in [6, 6.07) is 13.2. The highest BCUT2D eigenvalue weighted by molar-refractivity contribution is 8.03. The number of halogens is 2. The van der Waals surface area contributed by atoms with Crippen molar-refractivity contribution >= 4 is 52.7 Å². The van der Waals surface area contributed by atoms with Crippen molar-refractivity contribution in [2.45, 2.75) is 25.8 Å². The van der Waals surface area contributed by atoms with Gasteiger partial charge in [0.05, 0.1) is 46.2 Å². The molecule has 0 saturated heterocycles. The van der Waals surface area contributed by atoms with Crippen molar-refractivity contribution in [3.05, 3.63) is 73.7 Å². The lowest BCUT2D eigenvalue weighted by molar-refractivity contribution is -0.150. The van der Waals surface area contributed by atoms with E-state index in [1.165, 1.54) is 24.8 Å². The molecule has 0 aliphatic carbocycles. The second-order valence-electron chi connectivity index (χ2n) is 8.69. The third kappa shape index (κ3) is 5.63. The Bertz CT molecular complexity index is 1330. The largest absolute Gasteiger partial charge is 0.491 e. The van der Waals surface area contributed by atoms with Crippen molar-refractivity contribution in [2.75, 3.05) is 26.0 Å². The van der Waals surface area contributed by atoms with Crippen LogP contribution in [-0.4, -0.2) is 48.7 Å². The SMILES string of the molecule is CCOc1c(Cl)cc([C@@H]2C(C#N)=C(SCC(=O)N3CCc4ccccc4C3)NC(=O)[C@H]2C(=O)OC)cc1Cl. The maximum Gasteiger partial charge on any atom is 0.319 e. The van der Waals surface area contributed by atoms with E-state index in [0.717, 1.165) is 23.7 Å². The van der Waals surface area contributed by atoms with E-state index in [4.69, 9.17) is 32.7 Å². The summed E-state index contributed by atoms with van der Waals surface area (Å²) in [6.07, 6.45) is 0.762. The quantitative estimate of drug-likeness (QED) is 0.385. The molecule has 11 heteroatoms. The molecular formula is C27H25Cl2N3O5S. The lowest BCUT2D eigenvalue weighted by Gasteiger charge is -2.32. The summed E-state index contributed by atoms with van der Waals surface area (Å²) in [6.45, 7) is 3.20. The van der Waals surface area contributed by atoms with Gasteiger partial charge in [0.25, 0.3) is 0 Å². The third-order valence-corrected chi connectivity index (χ3v) is 8.04. The highest BCUT2D eigenvalue weighted by Crippen LogP contribution is 2.44. The van der Waals surface area contributed by atoms with Gasteiger partial charge in [0.2, 0.25) is 11.8 Å². The van der Waals surface area contributed by atoms with Gasteiger partial charge < -0.3 is 19.7 Å². The first-order chi connectivity index (χ1) is 18.3. The third-order valence-electron chi connectivity index (χ3n) is 6.48. The molecule has 0 unspecified atom stereocenters. The van der Waals surface area contributed by atoms with E-state index in [-0.39, 0.29) is 38.1 Å². The number of methoxy groups -OCH3 is 1. The van der Waals surface area contributed by atoms with E-state index in [2.05, 4.69) is 17.5 Å². The van der Waals surface area contributed by atoms with Crippen LogP contribution in [0, 0.1) is 17.2 Å². The molecule has 2 aliphatic heterocycles. The molecule has 8 nitrogen and oxygen atoms in total. The van der Waals surface area contributed by atoms with Gasteiger partial charge in [-0.25, -0.2) is 0 Å². The first-order valence-electron chi connectivity index (χ1n) is 11.9. The minimum Gasteiger partial charge on any atom is -0.491 e. The topological polar surface area (TPSA) is 109 Å². The van der Waals surface area contributed by atoms with Crippen molar-refractivity contribution in [2.24, 2.45) is 5.92 Å². The van der Waals surface area contributed by atoms with Crippen LogP contribution < -0.4 is 10.1 Å². The van der Waals surface area contributed by atoms with Crippen molar-refractivity contribution in [3.63, 3.8) is 0 Å². The number of nitrogens with one attached hydrogen (secondary N) is 1. The Morgan fingerprint density at radius 2 is 1.89 bits per heavy atom. The summed E-state index contributed by atoms with van der Waals surface area (Å²) in [4.78, 5) is 40.6. The molecule has 2 atom stereocenters. The van der Waals surface area contributed by atoms with Gasteiger partial charge >= 0.3 is 5.97 Å². The average molecular weight is 574 g/mol. The Balaban J connectivity index is 1.64. The molecule has 0 fully saturated rings. The Labute approximate surface area is 234 Å². The van der Waals surface area contributed by atoms with Gasteiger partial charge in [0, 0.05) is 19.0 Å². The fourth-order valence-electron chi connectivity index (χ4n) is 4.65. The molecule has 1 N–H and O–H groups in total. The van der Waals surface area contributed by atoms with Gasteiger partial charge in [-0.15, -0.1) is 0 Å². The molecule has 2 aliphatic rings. The van der Waals surface area contributed by atoms with Crippen LogP contribution in [0.3, 0.4) is 0 Å². The van der Waals surface area contributed by atoms with Gasteiger partial charge in [0.15, 0.2) is 5.75 Å². The van der Waals surface area contributed by atoms with Crippen molar-refractivity contribution in [1.29, 1.82) is 5.26 Å². The molecule has 198 valence electrons. The second-order valence-corrected chi connectivity index (χ2v) is 10.5. The molecule has 2 amide bonds. The minimum atomic E-state index is -1.35. The molecule has 2 aromatic carbocycles. The number of hydrogen-bond donors (Lipinski definition) is 1. The van der Waals surface area contributed by atoms with Crippen molar-refractivity contribution in [1.82, 2.24) is 10.2 Å². The maximum absolute atomic E-state index is 13.1. The molecule has 4 rings (SSSR count). The summed E-state index contributed by atoms with van der Waals surface area (Å²) in [7, 11) is 1.17. The second kappa shape index (κ2) is 12.1. The van der Waals surface area contributed by atoms with E-state index >= 15 is 0 Å². The highest BCUT2D eigenvalue weighted by atomic mass is 35.5. The number of esters is 1. The summed E-state index contributed by atoms with van der Waals surface area (Å²) >= 11 is 13.9. The van der Waals surface area contributed by atoms with Crippen molar-refractivity contribution in [3.8, 4) is 11.8 Å². The molecular weight excluding hydrogens is 549 g/mol. The minimum absolute atomic E-state index is 0.00333. The maximum atomic E-state index is 13.1. The zero-order valence-electron chi connectivity index (χ0n) is 20.8. The number of carbonyl (C=O) groups is 3. The fraction of sp³-hybridized carbons (Fsp3) is 0.333. The number of thioether (sulfide) groups is 1.